The van der Waals surface area contributed by atoms with Crippen LogP contribution in [0.5, 0.6) is 0 Å². The van der Waals surface area contributed by atoms with Gasteiger partial charge in [0.05, 0.1) is 8.80 Å². The molecule has 0 aromatic carbocycles. The zero-order chi connectivity index (χ0) is 7.11. The fraction of sp³-hybridized carbons (Fsp3) is 0.833. The molecule has 0 bridgehead atoms. The van der Waals surface area contributed by atoms with Crippen LogP contribution in [0, 0.1) is 10.7 Å². The summed E-state index contributed by atoms with van der Waals surface area (Å²) in [6.45, 7) is 4.44. The molecule has 0 amide bonds. The Kier molecular flexibility index (Phi) is 6.22. The highest BCUT2D eigenvalue weighted by molar-refractivity contribution is 8.05. The average Bonchev–Trinajstić information content (AvgIpc) is 1.91. The lowest BCUT2D eigenvalue weighted by Crippen LogP contribution is -2.12. The third kappa shape index (κ3) is 4.55. The van der Waals surface area contributed by atoms with Crippen molar-refractivity contribution in [2.75, 3.05) is 5.38 Å². The van der Waals surface area contributed by atoms with Crippen LogP contribution in [-0.2, 0) is 0 Å². The summed E-state index contributed by atoms with van der Waals surface area (Å²) in [5.74, 6) is 0. The van der Waals surface area contributed by atoms with Crippen molar-refractivity contribution in [3.63, 3.8) is 0 Å². The second-order valence-corrected chi connectivity index (χ2v) is 6.38. The predicted octanol–water partition coefficient (Wildman–Crippen LogP) is 2.27. The van der Waals surface area contributed by atoms with E-state index in [9.17, 15) is 0 Å². The first-order valence-electron chi connectivity index (χ1n) is 3.19. The maximum Gasteiger partial charge on any atom is 0.133 e. The molecule has 9 heavy (non-hydrogen) atoms. The Morgan fingerprint density at radius 2 is 2.00 bits per heavy atom. The summed E-state index contributed by atoms with van der Waals surface area (Å²) in [6, 6.07) is 2.60. The molecular weight excluding hydrogens is 146 g/mol. The summed E-state index contributed by atoms with van der Waals surface area (Å²) in [5, 5.41) is 11.4. The number of thiocyanates is 1. The number of hydrogen-bond acceptors (Lipinski definition) is 2. The standard InChI is InChI=1S/C6H12NSSi/c1-3-9(4-2)6-8-5-7/h3-4,6H2,1-2H3. The first-order chi connectivity index (χ1) is 4.35. The van der Waals surface area contributed by atoms with Gasteiger partial charge in [-0.15, -0.1) is 0 Å². The second kappa shape index (κ2) is 6.18. The van der Waals surface area contributed by atoms with Gasteiger partial charge in [-0.05, 0) is 11.8 Å². The van der Waals surface area contributed by atoms with E-state index in [4.69, 9.17) is 5.26 Å². The van der Waals surface area contributed by atoms with E-state index in [1.165, 1.54) is 23.9 Å². The fourth-order valence-electron chi connectivity index (χ4n) is 0.588. The van der Waals surface area contributed by atoms with Crippen molar-refractivity contribution in [1.29, 1.82) is 5.26 Å². The molecule has 0 fully saturated rings. The van der Waals surface area contributed by atoms with Crippen LogP contribution < -0.4 is 0 Å². The molecule has 0 rings (SSSR count). The summed E-state index contributed by atoms with van der Waals surface area (Å²) >= 11 is 1.42. The summed E-state index contributed by atoms with van der Waals surface area (Å²) in [7, 11) is -0.145. The number of nitriles is 1. The van der Waals surface area contributed by atoms with Gasteiger partial charge in [0.1, 0.15) is 5.40 Å². The minimum absolute atomic E-state index is 0.145. The molecule has 0 N–H and O–H groups in total. The molecule has 0 saturated heterocycles. The monoisotopic (exact) mass is 158 g/mol. The van der Waals surface area contributed by atoms with Crippen molar-refractivity contribution in [2.24, 2.45) is 0 Å². The average molecular weight is 158 g/mol. The van der Waals surface area contributed by atoms with Crippen molar-refractivity contribution in [1.82, 2.24) is 0 Å². The van der Waals surface area contributed by atoms with E-state index in [1.54, 1.807) is 0 Å². The minimum atomic E-state index is -0.145. The van der Waals surface area contributed by atoms with Crippen LogP contribution >= 0.6 is 11.8 Å². The van der Waals surface area contributed by atoms with E-state index in [0.29, 0.717) is 0 Å². The van der Waals surface area contributed by atoms with Crippen LogP contribution in [0.2, 0.25) is 12.1 Å². The third-order valence-corrected chi connectivity index (χ3v) is 5.68. The zero-order valence-corrected chi connectivity index (χ0v) is 7.79. The molecule has 0 unspecified atom stereocenters. The van der Waals surface area contributed by atoms with Gasteiger partial charge in [0.2, 0.25) is 0 Å². The molecule has 0 saturated carbocycles. The first-order valence-corrected chi connectivity index (χ1v) is 6.30. The zero-order valence-electron chi connectivity index (χ0n) is 5.98. The molecule has 0 aliphatic heterocycles. The largest absolute Gasteiger partial charge is 0.185 e. The Morgan fingerprint density at radius 1 is 1.44 bits per heavy atom. The van der Waals surface area contributed by atoms with Gasteiger partial charge < -0.3 is 0 Å². The molecule has 51 valence electrons. The quantitative estimate of drug-likeness (QED) is 0.463. The summed E-state index contributed by atoms with van der Waals surface area (Å²) in [4.78, 5) is 0. The second-order valence-electron chi connectivity index (χ2n) is 1.84. The van der Waals surface area contributed by atoms with Crippen LogP contribution in [-0.4, -0.2) is 14.2 Å². The summed E-state index contributed by atoms with van der Waals surface area (Å²) in [6.07, 6.45) is 0. The minimum Gasteiger partial charge on any atom is -0.185 e. The van der Waals surface area contributed by atoms with Crippen molar-refractivity contribution >= 4 is 20.6 Å². The Balaban J connectivity index is 3.22. The van der Waals surface area contributed by atoms with E-state index < -0.39 is 0 Å². The van der Waals surface area contributed by atoms with Crippen LogP contribution in [0.1, 0.15) is 13.8 Å². The lowest BCUT2D eigenvalue weighted by molar-refractivity contribution is 1.31. The molecule has 0 atom stereocenters. The highest BCUT2D eigenvalue weighted by Gasteiger charge is 2.03. The predicted molar refractivity (Wildman–Crippen MR) is 44.8 cm³/mol. The molecule has 1 radical (unpaired) electrons. The highest BCUT2D eigenvalue weighted by atomic mass is 32.2. The molecular formula is C6H12NSSi. The molecule has 1 nitrogen and oxygen atoms in total. The number of nitrogens with zero attached hydrogens (tertiary/aromatic N) is 1. The molecule has 3 heteroatoms. The van der Waals surface area contributed by atoms with Crippen molar-refractivity contribution in [2.45, 2.75) is 25.9 Å². The van der Waals surface area contributed by atoms with Crippen LogP contribution in [0.3, 0.4) is 0 Å². The van der Waals surface area contributed by atoms with Gasteiger partial charge in [0.15, 0.2) is 0 Å². The first kappa shape index (κ1) is 9.06. The van der Waals surface area contributed by atoms with Gasteiger partial charge in [-0.3, -0.25) is 0 Å². The van der Waals surface area contributed by atoms with E-state index in [2.05, 4.69) is 19.2 Å². The Hall–Kier alpha value is 0.0569. The molecule has 0 aromatic heterocycles. The Morgan fingerprint density at radius 3 is 2.33 bits per heavy atom. The van der Waals surface area contributed by atoms with Crippen LogP contribution in [0.25, 0.3) is 0 Å². The van der Waals surface area contributed by atoms with Crippen molar-refractivity contribution in [3.8, 4) is 5.40 Å². The van der Waals surface area contributed by atoms with Crippen molar-refractivity contribution < 1.29 is 0 Å². The van der Waals surface area contributed by atoms with Gasteiger partial charge in [-0.2, -0.15) is 5.26 Å². The molecule has 0 aliphatic rings. The Bertz CT molecular complexity index is 95.7. The van der Waals surface area contributed by atoms with Gasteiger partial charge >= 0.3 is 0 Å². The van der Waals surface area contributed by atoms with Gasteiger partial charge in [-0.1, -0.05) is 25.9 Å². The topological polar surface area (TPSA) is 23.8 Å². The van der Waals surface area contributed by atoms with E-state index in [-0.39, 0.29) is 8.80 Å². The third-order valence-electron chi connectivity index (χ3n) is 1.34. The maximum absolute atomic E-state index is 8.24. The number of hydrogen-bond donors (Lipinski definition) is 0. The Labute approximate surface area is 63.1 Å². The number of thioether (sulfide) groups is 1. The highest BCUT2D eigenvalue weighted by Crippen LogP contribution is 2.05. The van der Waals surface area contributed by atoms with Gasteiger partial charge in [0, 0.05) is 5.38 Å². The van der Waals surface area contributed by atoms with E-state index in [0.717, 1.165) is 5.38 Å². The number of rotatable bonds is 4. The maximum atomic E-state index is 8.24. The van der Waals surface area contributed by atoms with Gasteiger partial charge in [-0.25, -0.2) is 0 Å². The molecule has 0 aliphatic carbocycles. The smallest absolute Gasteiger partial charge is 0.133 e. The normalized spacial score (nSPS) is 9.56. The molecule has 0 aromatic rings. The summed E-state index contributed by atoms with van der Waals surface area (Å²) in [5.41, 5.74) is 0. The molecule has 0 spiro atoms. The lowest BCUT2D eigenvalue weighted by Gasteiger charge is -2.04. The molecule has 0 heterocycles. The van der Waals surface area contributed by atoms with Crippen molar-refractivity contribution in [3.05, 3.63) is 0 Å². The van der Waals surface area contributed by atoms with Crippen LogP contribution in [0.4, 0.5) is 0 Å². The summed E-state index contributed by atoms with van der Waals surface area (Å²) < 4.78 is 0. The lowest BCUT2D eigenvalue weighted by atomic mass is 10.9. The van der Waals surface area contributed by atoms with Crippen LogP contribution in [0.15, 0.2) is 0 Å². The van der Waals surface area contributed by atoms with E-state index in [1.807, 2.05) is 0 Å². The SMILES string of the molecule is CC[Si](CC)CSC#N. The van der Waals surface area contributed by atoms with Gasteiger partial charge in [0.25, 0.3) is 0 Å². The fourth-order valence-corrected chi connectivity index (χ4v) is 3.80. The van der Waals surface area contributed by atoms with E-state index >= 15 is 0 Å².